The number of carbonyl (C=O) groups excluding carboxylic acids is 1. The van der Waals surface area contributed by atoms with Crippen LogP contribution in [0.3, 0.4) is 0 Å². The van der Waals surface area contributed by atoms with Crippen LogP contribution in [0.25, 0.3) is 0 Å². The van der Waals surface area contributed by atoms with Gasteiger partial charge >= 0.3 is 0 Å². The van der Waals surface area contributed by atoms with Crippen molar-refractivity contribution in [2.75, 3.05) is 13.1 Å². The van der Waals surface area contributed by atoms with E-state index in [4.69, 9.17) is 5.73 Å². The molecule has 2 rings (SSSR count). The Morgan fingerprint density at radius 1 is 1.35 bits per heavy atom. The Hall–Kier alpha value is -0.610. The van der Waals surface area contributed by atoms with Gasteiger partial charge in [-0.1, -0.05) is 12.8 Å². The Morgan fingerprint density at radius 2 is 2.06 bits per heavy atom. The van der Waals surface area contributed by atoms with Gasteiger partial charge < -0.3 is 11.1 Å². The smallest absolute Gasteiger partial charge is 0.237 e. The van der Waals surface area contributed by atoms with Gasteiger partial charge in [-0.25, -0.2) is 0 Å². The van der Waals surface area contributed by atoms with E-state index >= 15 is 0 Å². The van der Waals surface area contributed by atoms with Crippen molar-refractivity contribution in [3.05, 3.63) is 0 Å². The summed E-state index contributed by atoms with van der Waals surface area (Å²) in [5.41, 5.74) is 5.75. The number of likely N-dealkylation sites (tertiary alicyclic amines) is 1. The van der Waals surface area contributed by atoms with Crippen molar-refractivity contribution < 1.29 is 4.79 Å². The monoisotopic (exact) mass is 239 g/mol. The van der Waals surface area contributed by atoms with E-state index in [-0.39, 0.29) is 11.9 Å². The lowest BCUT2D eigenvalue weighted by Crippen LogP contribution is -2.50. The molecule has 2 unspecified atom stereocenters. The fourth-order valence-corrected chi connectivity index (χ4v) is 3.16. The lowest BCUT2D eigenvalue weighted by atomic mass is 10.1. The number of nitrogens with one attached hydrogen (secondary N) is 1. The third kappa shape index (κ3) is 2.99. The number of nitrogens with two attached hydrogens (primary N) is 1. The summed E-state index contributed by atoms with van der Waals surface area (Å²) in [4.78, 5) is 14.4. The lowest BCUT2D eigenvalue weighted by molar-refractivity contribution is -0.126. The molecule has 2 fully saturated rings. The van der Waals surface area contributed by atoms with Gasteiger partial charge in [0.15, 0.2) is 0 Å². The van der Waals surface area contributed by atoms with Crippen LogP contribution in [0.1, 0.15) is 45.4 Å². The summed E-state index contributed by atoms with van der Waals surface area (Å²) in [5.74, 6) is 0.192. The van der Waals surface area contributed by atoms with Crippen molar-refractivity contribution in [3.8, 4) is 0 Å². The molecule has 0 radical (unpaired) electrons. The number of rotatable bonds is 4. The predicted octanol–water partition coefficient (Wildman–Crippen LogP) is 0.857. The summed E-state index contributed by atoms with van der Waals surface area (Å²) < 4.78 is 0. The predicted molar refractivity (Wildman–Crippen MR) is 68.6 cm³/mol. The first kappa shape index (κ1) is 12.8. The Bertz CT molecular complexity index is 263. The van der Waals surface area contributed by atoms with Gasteiger partial charge in [0.05, 0.1) is 6.04 Å². The molecule has 0 aromatic rings. The van der Waals surface area contributed by atoms with Crippen LogP contribution in [0, 0.1) is 0 Å². The number of hydrogen-bond donors (Lipinski definition) is 2. The SMILES string of the molecule is CC(C(=O)NC1CCCC1)N1CCCC1CN. The van der Waals surface area contributed by atoms with E-state index in [9.17, 15) is 4.79 Å². The number of nitrogens with zero attached hydrogens (tertiary/aromatic N) is 1. The van der Waals surface area contributed by atoms with Crippen LogP contribution >= 0.6 is 0 Å². The van der Waals surface area contributed by atoms with Crippen LogP contribution in [-0.2, 0) is 4.79 Å². The molecule has 1 aliphatic carbocycles. The molecular formula is C13H25N3O. The van der Waals surface area contributed by atoms with Crippen molar-refractivity contribution in [1.82, 2.24) is 10.2 Å². The summed E-state index contributed by atoms with van der Waals surface area (Å²) in [5, 5.41) is 3.18. The van der Waals surface area contributed by atoms with E-state index in [2.05, 4.69) is 10.2 Å². The minimum Gasteiger partial charge on any atom is -0.352 e. The summed E-state index contributed by atoms with van der Waals surface area (Å²) in [7, 11) is 0. The van der Waals surface area contributed by atoms with Crippen molar-refractivity contribution >= 4 is 5.91 Å². The molecule has 0 spiro atoms. The highest BCUT2D eigenvalue weighted by Crippen LogP contribution is 2.21. The van der Waals surface area contributed by atoms with Gasteiger partial charge in [-0.3, -0.25) is 9.69 Å². The minimum absolute atomic E-state index is 0.0216. The Kier molecular flexibility index (Phi) is 4.40. The van der Waals surface area contributed by atoms with Crippen molar-refractivity contribution in [2.45, 2.75) is 63.6 Å². The molecular weight excluding hydrogens is 214 g/mol. The highest BCUT2D eigenvalue weighted by atomic mass is 16.2. The Labute approximate surface area is 104 Å². The molecule has 1 aliphatic heterocycles. The van der Waals surface area contributed by atoms with Crippen LogP contribution in [0.2, 0.25) is 0 Å². The Balaban J connectivity index is 1.85. The molecule has 17 heavy (non-hydrogen) atoms. The standard InChI is InChI=1S/C13H25N3O/c1-10(16-8-4-7-12(16)9-14)13(17)15-11-5-2-3-6-11/h10-12H,2-9,14H2,1H3,(H,15,17). The van der Waals surface area contributed by atoms with E-state index < -0.39 is 0 Å². The van der Waals surface area contributed by atoms with Gasteiger partial charge in [0.25, 0.3) is 0 Å². The van der Waals surface area contributed by atoms with Crippen molar-refractivity contribution in [2.24, 2.45) is 5.73 Å². The molecule has 4 nitrogen and oxygen atoms in total. The fourth-order valence-electron chi connectivity index (χ4n) is 3.16. The van der Waals surface area contributed by atoms with Gasteiger partial charge in [0.2, 0.25) is 5.91 Å². The van der Waals surface area contributed by atoms with Gasteiger partial charge in [-0.15, -0.1) is 0 Å². The lowest BCUT2D eigenvalue weighted by Gasteiger charge is -2.29. The maximum atomic E-state index is 12.2. The number of carbonyl (C=O) groups is 1. The summed E-state index contributed by atoms with van der Waals surface area (Å²) in [6.07, 6.45) is 7.13. The zero-order valence-corrected chi connectivity index (χ0v) is 10.8. The second-order valence-electron chi connectivity index (χ2n) is 5.44. The van der Waals surface area contributed by atoms with E-state index in [1.807, 2.05) is 6.92 Å². The third-order valence-corrected chi connectivity index (χ3v) is 4.27. The first-order valence-corrected chi connectivity index (χ1v) is 6.98. The first-order chi connectivity index (χ1) is 8.22. The normalized spacial score (nSPS) is 28.5. The fraction of sp³-hybridized carbons (Fsp3) is 0.923. The molecule has 3 N–H and O–H groups in total. The molecule has 4 heteroatoms. The summed E-state index contributed by atoms with van der Waals surface area (Å²) in [6, 6.07) is 0.801. The van der Waals surface area contributed by atoms with Crippen molar-refractivity contribution in [3.63, 3.8) is 0 Å². The number of hydrogen-bond acceptors (Lipinski definition) is 3. The van der Waals surface area contributed by atoms with E-state index in [0.29, 0.717) is 18.6 Å². The molecule has 98 valence electrons. The van der Waals surface area contributed by atoms with Crippen LogP contribution in [-0.4, -0.2) is 42.0 Å². The third-order valence-electron chi connectivity index (χ3n) is 4.27. The molecule has 0 bridgehead atoms. The van der Waals surface area contributed by atoms with Gasteiger partial charge in [-0.05, 0) is 39.2 Å². The molecule has 2 atom stereocenters. The molecule has 1 amide bonds. The molecule has 1 heterocycles. The zero-order valence-electron chi connectivity index (χ0n) is 10.8. The molecule has 0 aromatic heterocycles. The second-order valence-corrected chi connectivity index (χ2v) is 5.44. The van der Waals surface area contributed by atoms with E-state index in [0.717, 1.165) is 25.8 Å². The van der Waals surface area contributed by atoms with E-state index in [1.165, 1.54) is 19.3 Å². The Morgan fingerprint density at radius 3 is 2.71 bits per heavy atom. The van der Waals surface area contributed by atoms with Crippen LogP contribution in [0.4, 0.5) is 0 Å². The number of amides is 1. The van der Waals surface area contributed by atoms with Gasteiger partial charge in [0.1, 0.15) is 0 Å². The highest BCUT2D eigenvalue weighted by molar-refractivity contribution is 5.81. The molecule has 1 saturated heterocycles. The maximum absolute atomic E-state index is 12.2. The highest BCUT2D eigenvalue weighted by Gasteiger charge is 2.32. The van der Waals surface area contributed by atoms with E-state index in [1.54, 1.807) is 0 Å². The van der Waals surface area contributed by atoms with Crippen LogP contribution < -0.4 is 11.1 Å². The quantitative estimate of drug-likeness (QED) is 0.765. The average Bonchev–Trinajstić information content (AvgIpc) is 2.97. The largest absolute Gasteiger partial charge is 0.352 e. The van der Waals surface area contributed by atoms with Gasteiger partial charge in [0, 0.05) is 18.6 Å². The molecule has 2 aliphatic rings. The van der Waals surface area contributed by atoms with Gasteiger partial charge in [-0.2, -0.15) is 0 Å². The van der Waals surface area contributed by atoms with Crippen molar-refractivity contribution in [1.29, 1.82) is 0 Å². The summed E-state index contributed by atoms with van der Waals surface area (Å²) in [6.45, 7) is 3.69. The molecule has 1 saturated carbocycles. The van der Waals surface area contributed by atoms with Crippen LogP contribution in [0.15, 0.2) is 0 Å². The first-order valence-electron chi connectivity index (χ1n) is 6.98. The maximum Gasteiger partial charge on any atom is 0.237 e. The topological polar surface area (TPSA) is 58.4 Å². The summed E-state index contributed by atoms with van der Waals surface area (Å²) >= 11 is 0. The molecule has 0 aromatic carbocycles. The zero-order chi connectivity index (χ0) is 12.3. The van der Waals surface area contributed by atoms with Crippen LogP contribution in [0.5, 0.6) is 0 Å². The minimum atomic E-state index is -0.0216. The second kappa shape index (κ2) is 5.83. The average molecular weight is 239 g/mol.